The Hall–Kier alpha value is -1.90. The first-order valence-corrected chi connectivity index (χ1v) is 11.5. The Labute approximate surface area is 170 Å². The van der Waals surface area contributed by atoms with Crippen molar-refractivity contribution >= 4 is 27.7 Å². The standard InChI is InChI=1S/C20H25FN2O3S2/c1-15-4-9-19(14-16(15)2)28(25,26)23-12-10-20(24)22-11-3-13-27-18-7-5-17(21)6-8-18/h4-9,14,23H,3,10-13H2,1-2H3,(H,22,24). The van der Waals surface area contributed by atoms with Crippen molar-refractivity contribution in [3.8, 4) is 0 Å². The highest BCUT2D eigenvalue weighted by Crippen LogP contribution is 2.18. The van der Waals surface area contributed by atoms with Crippen molar-refractivity contribution in [1.82, 2.24) is 10.0 Å². The van der Waals surface area contributed by atoms with Crippen LogP contribution in [0.25, 0.3) is 0 Å². The number of halogens is 1. The van der Waals surface area contributed by atoms with Crippen LogP contribution in [0.4, 0.5) is 4.39 Å². The van der Waals surface area contributed by atoms with Crippen LogP contribution in [0.1, 0.15) is 24.0 Å². The fourth-order valence-corrected chi connectivity index (χ4v) is 4.34. The second-order valence-corrected chi connectivity index (χ2v) is 9.34. The average Bonchev–Trinajstić information content (AvgIpc) is 2.65. The van der Waals surface area contributed by atoms with Gasteiger partial charge in [0.15, 0.2) is 0 Å². The number of rotatable bonds is 10. The number of carbonyl (C=O) groups excluding carboxylic acids is 1. The van der Waals surface area contributed by atoms with Gasteiger partial charge in [-0.25, -0.2) is 17.5 Å². The van der Waals surface area contributed by atoms with Gasteiger partial charge in [-0.1, -0.05) is 6.07 Å². The highest BCUT2D eigenvalue weighted by molar-refractivity contribution is 7.99. The van der Waals surface area contributed by atoms with Crippen LogP contribution >= 0.6 is 11.8 Å². The van der Waals surface area contributed by atoms with Gasteiger partial charge in [0.2, 0.25) is 15.9 Å². The molecular formula is C20H25FN2O3S2. The minimum Gasteiger partial charge on any atom is -0.356 e. The quantitative estimate of drug-likeness (QED) is 0.453. The van der Waals surface area contributed by atoms with Crippen molar-refractivity contribution in [2.75, 3.05) is 18.8 Å². The number of thioether (sulfide) groups is 1. The van der Waals surface area contributed by atoms with Crippen molar-refractivity contribution in [3.05, 3.63) is 59.4 Å². The van der Waals surface area contributed by atoms with Crippen molar-refractivity contribution in [3.63, 3.8) is 0 Å². The minimum atomic E-state index is -3.62. The second-order valence-electron chi connectivity index (χ2n) is 6.40. The maximum absolute atomic E-state index is 12.8. The predicted molar refractivity (Wildman–Crippen MR) is 110 cm³/mol. The first kappa shape index (κ1) is 22.4. The van der Waals surface area contributed by atoms with Crippen LogP contribution in [0.15, 0.2) is 52.3 Å². The third-order valence-corrected chi connectivity index (χ3v) is 6.72. The van der Waals surface area contributed by atoms with E-state index >= 15 is 0 Å². The van der Waals surface area contributed by atoms with Gasteiger partial charge in [0.1, 0.15) is 5.82 Å². The topological polar surface area (TPSA) is 75.3 Å². The van der Waals surface area contributed by atoms with E-state index in [1.807, 2.05) is 13.8 Å². The van der Waals surface area contributed by atoms with Gasteiger partial charge in [-0.05, 0) is 73.5 Å². The van der Waals surface area contributed by atoms with Gasteiger partial charge in [0.05, 0.1) is 4.90 Å². The Morgan fingerprint density at radius 3 is 2.43 bits per heavy atom. The molecule has 0 saturated carbocycles. The summed E-state index contributed by atoms with van der Waals surface area (Å²) in [5.41, 5.74) is 1.93. The number of carbonyl (C=O) groups is 1. The van der Waals surface area contributed by atoms with E-state index < -0.39 is 10.0 Å². The zero-order chi connectivity index (χ0) is 20.6. The Morgan fingerprint density at radius 1 is 1.04 bits per heavy atom. The normalized spacial score (nSPS) is 11.4. The van der Waals surface area contributed by atoms with Crippen LogP contribution < -0.4 is 10.0 Å². The molecule has 0 spiro atoms. The molecule has 0 heterocycles. The molecule has 2 rings (SSSR count). The maximum atomic E-state index is 12.8. The highest BCUT2D eigenvalue weighted by Gasteiger charge is 2.14. The van der Waals surface area contributed by atoms with E-state index in [0.717, 1.165) is 28.2 Å². The summed E-state index contributed by atoms with van der Waals surface area (Å²) >= 11 is 1.59. The summed E-state index contributed by atoms with van der Waals surface area (Å²) < 4.78 is 39.8. The zero-order valence-corrected chi connectivity index (χ0v) is 17.6. The molecular weight excluding hydrogens is 399 g/mol. The first-order valence-electron chi connectivity index (χ1n) is 9.00. The van der Waals surface area contributed by atoms with Gasteiger partial charge in [-0.3, -0.25) is 4.79 Å². The number of aryl methyl sites for hydroxylation is 2. The SMILES string of the molecule is Cc1ccc(S(=O)(=O)NCCC(=O)NCCCSc2ccc(F)cc2)cc1C. The van der Waals surface area contributed by atoms with Crippen LogP contribution in [0, 0.1) is 19.7 Å². The van der Waals surface area contributed by atoms with Crippen LogP contribution in [0.3, 0.4) is 0 Å². The Balaban J connectivity index is 1.64. The van der Waals surface area contributed by atoms with E-state index in [1.54, 1.807) is 42.1 Å². The molecule has 2 N–H and O–H groups in total. The summed E-state index contributed by atoms with van der Waals surface area (Å²) in [6.07, 6.45) is 0.845. The third-order valence-electron chi connectivity index (χ3n) is 4.16. The summed E-state index contributed by atoms with van der Waals surface area (Å²) in [6, 6.07) is 11.2. The summed E-state index contributed by atoms with van der Waals surface area (Å²) in [5.74, 6) is 0.338. The number of sulfonamides is 1. The predicted octanol–water partition coefficient (Wildman–Crippen LogP) is 3.41. The molecule has 0 bridgehead atoms. The molecule has 2 aromatic rings. The molecule has 28 heavy (non-hydrogen) atoms. The monoisotopic (exact) mass is 424 g/mol. The van der Waals surface area contributed by atoms with Crippen molar-refractivity contribution < 1.29 is 17.6 Å². The molecule has 0 aliphatic carbocycles. The molecule has 0 aliphatic heterocycles. The van der Waals surface area contributed by atoms with Crippen LogP contribution in [0.2, 0.25) is 0 Å². The van der Waals surface area contributed by atoms with Crippen LogP contribution in [-0.4, -0.2) is 33.2 Å². The lowest BCUT2D eigenvalue weighted by Gasteiger charge is -2.09. The fraction of sp³-hybridized carbons (Fsp3) is 0.350. The third kappa shape index (κ3) is 7.26. The number of nitrogens with one attached hydrogen (secondary N) is 2. The first-order chi connectivity index (χ1) is 13.3. The van der Waals surface area contributed by atoms with E-state index in [1.165, 1.54) is 12.1 Å². The molecule has 8 heteroatoms. The average molecular weight is 425 g/mol. The van der Waals surface area contributed by atoms with Gasteiger partial charge < -0.3 is 5.32 Å². The van der Waals surface area contributed by atoms with Crippen molar-refractivity contribution in [2.45, 2.75) is 36.5 Å². The van der Waals surface area contributed by atoms with Crippen LogP contribution in [0.5, 0.6) is 0 Å². The van der Waals surface area contributed by atoms with E-state index in [9.17, 15) is 17.6 Å². The van der Waals surface area contributed by atoms with Crippen LogP contribution in [-0.2, 0) is 14.8 Å². The molecule has 5 nitrogen and oxygen atoms in total. The molecule has 0 saturated heterocycles. The van der Waals surface area contributed by atoms with Crippen molar-refractivity contribution in [1.29, 1.82) is 0 Å². The zero-order valence-electron chi connectivity index (χ0n) is 16.0. The molecule has 0 radical (unpaired) electrons. The molecule has 0 aromatic heterocycles. The summed E-state index contributed by atoms with van der Waals surface area (Å²) in [5, 5.41) is 2.77. The molecule has 152 valence electrons. The Kier molecular flexibility index (Phi) is 8.47. The molecule has 2 aromatic carbocycles. The molecule has 0 fully saturated rings. The Morgan fingerprint density at radius 2 is 1.75 bits per heavy atom. The highest BCUT2D eigenvalue weighted by atomic mass is 32.2. The number of hydrogen-bond acceptors (Lipinski definition) is 4. The van der Waals surface area contributed by atoms with Gasteiger partial charge in [-0.15, -0.1) is 11.8 Å². The second kappa shape index (κ2) is 10.6. The van der Waals surface area contributed by atoms with Gasteiger partial charge in [0, 0.05) is 24.4 Å². The largest absolute Gasteiger partial charge is 0.356 e. The lowest BCUT2D eigenvalue weighted by molar-refractivity contribution is -0.120. The fourth-order valence-electron chi connectivity index (χ4n) is 2.37. The summed E-state index contributed by atoms with van der Waals surface area (Å²) in [7, 11) is -3.62. The summed E-state index contributed by atoms with van der Waals surface area (Å²) in [6.45, 7) is 4.33. The Bertz CT molecular complexity index is 900. The van der Waals surface area contributed by atoms with Gasteiger partial charge in [-0.2, -0.15) is 0 Å². The molecule has 0 unspecified atom stereocenters. The minimum absolute atomic E-state index is 0.0470. The smallest absolute Gasteiger partial charge is 0.240 e. The van der Waals surface area contributed by atoms with E-state index in [4.69, 9.17) is 0 Å². The number of benzene rings is 2. The van der Waals surface area contributed by atoms with Crippen molar-refractivity contribution in [2.24, 2.45) is 0 Å². The lowest BCUT2D eigenvalue weighted by atomic mass is 10.1. The lowest BCUT2D eigenvalue weighted by Crippen LogP contribution is -2.31. The number of hydrogen-bond donors (Lipinski definition) is 2. The number of amides is 1. The molecule has 1 amide bonds. The molecule has 0 atom stereocenters. The summed E-state index contributed by atoms with van der Waals surface area (Å²) in [4.78, 5) is 13.0. The van der Waals surface area contributed by atoms with E-state index in [2.05, 4.69) is 10.0 Å². The van der Waals surface area contributed by atoms with Gasteiger partial charge in [0.25, 0.3) is 0 Å². The van der Waals surface area contributed by atoms with E-state index in [0.29, 0.717) is 6.54 Å². The van der Waals surface area contributed by atoms with E-state index in [-0.39, 0.29) is 29.6 Å². The molecule has 0 aliphatic rings. The van der Waals surface area contributed by atoms with Gasteiger partial charge >= 0.3 is 0 Å². The maximum Gasteiger partial charge on any atom is 0.240 e.